The molecule has 0 aliphatic carbocycles. The molecule has 0 spiro atoms. The van der Waals surface area contributed by atoms with Gasteiger partial charge in [-0.1, -0.05) is 26.7 Å². The minimum absolute atomic E-state index is 1.29. The van der Waals surface area contributed by atoms with E-state index in [2.05, 4.69) is 23.6 Å². The van der Waals surface area contributed by atoms with Crippen molar-refractivity contribution in [1.82, 2.24) is 9.80 Å². The molecule has 0 aromatic heterocycles. The van der Waals surface area contributed by atoms with Crippen molar-refractivity contribution in [3.8, 4) is 0 Å². The van der Waals surface area contributed by atoms with Crippen LogP contribution in [0.3, 0.4) is 0 Å². The van der Waals surface area contributed by atoms with Gasteiger partial charge < -0.3 is 9.80 Å². The first-order valence-electron chi connectivity index (χ1n) is 7.31. The topological polar surface area (TPSA) is 6.48 Å². The highest BCUT2D eigenvalue weighted by Gasteiger charge is 2.12. The van der Waals surface area contributed by atoms with Crippen LogP contribution in [-0.4, -0.2) is 49.1 Å². The van der Waals surface area contributed by atoms with Crippen LogP contribution in [0.25, 0.3) is 0 Å². The third-order valence-electron chi connectivity index (χ3n) is 3.59. The first-order chi connectivity index (χ1) is 7.86. The van der Waals surface area contributed by atoms with Gasteiger partial charge in [-0.3, -0.25) is 0 Å². The van der Waals surface area contributed by atoms with Crippen LogP contribution in [0.1, 0.15) is 52.4 Å². The van der Waals surface area contributed by atoms with Crippen LogP contribution in [0.2, 0.25) is 0 Å². The molecule has 1 aliphatic rings. The predicted molar refractivity (Wildman–Crippen MR) is 71.9 cm³/mol. The maximum absolute atomic E-state index is 2.67. The SMILES string of the molecule is CCCCN(CCCC)CCN1CCCC1. The fourth-order valence-electron chi connectivity index (χ4n) is 2.39. The van der Waals surface area contributed by atoms with Gasteiger partial charge in [-0.2, -0.15) is 0 Å². The number of unbranched alkanes of at least 4 members (excludes halogenated alkanes) is 2. The number of hydrogen-bond acceptors (Lipinski definition) is 2. The molecule has 2 heteroatoms. The lowest BCUT2D eigenvalue weighted by atomic mass is 10.2. The van der Waals surface area contributed by atoms with Gasteiger partial charge in [0.1, 0.15) is 0 Å². The number of nitrogens with zero attached hydrogens (tertiary/aromatic N) is 2. The van der Waals surface area contributed by atoms with Crippen LogP contribution < -0.4 is 0 Å². The summed E-state index contributed by atoms with van der Waals surface area (Å²) in [4.78, 5) is 5.30. The molecule has 1 rings (SSSR count). The van der Waals surface area contributed by atoms with E-state index in [4.69, 9.17) is 0 Å². The molecule has 1 heterocycles. The van der Waals surface area contributed by atoms with E-state index in [-0.39, 0.29) is 0 Å². The average molecular weight is 226 g/mol. The maximum Gasteiger partial charge on any atom is 0.0109 e. The quantitative estimate of drug-likeness (QED) is 0.596. The standard InChI is InChI=1S/C14H30N2/c1-3-5-9-15(10-6-4-2)13-14-16-11-7-8-12-16/h3-14H2,1-2H3. The predicted octanol–water partition coefficient (Wildman–Crippen LogP) is 2.98. The summed E-state index contributed by atoms with van der Waals surface area (Å²) >= 11 is 0. The summed E-state index contributed by atoms with van der Waals surface area (Å²) in [6.45, 7) is 12.5. The zero-order valence-corrected chi connectivity index (χ0v) is 11.4. The zero-order valence-electron chi connectivity index (χ0n) is 11.4. The van der Waals surface area contributed by atoms with Crippen molar-refractivity contribution in [3.05, 3.63) is 0 Å². The third-order valence-corrected chi connectivity index (χ3v) is 3.59. The van der Waals surface area contributed by atoms with Gasteiger partial charge in [0.2, 0.25) is 0 Å². The summed E-state index contributed by atoms with van der Waals surface area (Å²) in [7, 11) is 0. The van der Waals surface area contributed by atoms with Crippen molar-refractivity contribution in [2.45, 2.75) is 52.4 Å². The molecule has 0 bridgehead atoms. The molecule has 0 saturated carbocycles. The van der Waals surface area contributed by atoms with E-state index in [9.17, 15) is 0 Å². The molecule has 16 heavy (non-hydrogen) atoms. The van der Waals surface area contributed by atoms with Crippen LogP contribution in [0.15, 0.2) is 0 Å². The Bertz CT molecular complexity index is 145. The normalized spacial score (nSPS) is 17.4. The lowest BCUT2D eigenvalue weighted by Gasteiger charge is -2.25. The Morgan fingerprint density at radius 3 is 1.94 bits per heavy atom. The number of rotatable bonds is 9. The van der Waals surface area contributed by atoms with Gasteiger partial charge in [-0.25, -0.2) is 0 Å². The zero-order chi connectivity index (χ0) is 11.6. The highest BCUT2D eigenvalue weighted by molar-refractivity contribution is 4.68. The number of likely N-dealkylation sites (tertiary alicyclic amines) is 1. The van der Waals surface area contributed by atoms with Gasteiger partial charge in [0, 0.05) is 13.1 Å². The summed E-state index contributed by atoms with van der Waals surface area (Å²) in [6.07, 6.45) is 8.22. The first-order valence-corrected chi connectivity index (χ1v) is 7.31. The maximum atomic E-state index is 2.67. The molecule has 0 unspecified atom stereocenters. The third kappa shape index (κ3) is 5.86. The average Bonchev–Trinajstić information content (AvgIpc) is 2.81. The second-order valence-corrected chi connectivity index (χ2v) is 5.10. The molecule has 1 fully saturated rings. The van der Waals surface area contributed by atoms with Crippen molar-refractivity contribution in [2.24, 2.45) is 0 Å². The smallest absolute Gasteiger partial charge is 0.0109 e. The summed E-state index contributed by atoms with van der Waals surface area (Å²) in [5, 5.41) is 0. The lowest BCUT2D eigenvalue weighted by molar-refractivity contribution is 0.220. The molecule has 0 aromatic rings. The van der Waals surface area contributed by atoms with E-state index in [0.29, 0.717) is 0 Å². The largest absolute Gasteiger partial charge is 0.302 e. The van der Waals surface area contributed by atoms with Crippen LogP contribution >= 0.6 is 0 Å². The van der Waals surface area contributed by atoms with E-state index in [1.807, 2.05) is 0 Å². The minimum atomic E-state index is 1.29. The first kappa shape index (κ1) is 14.0. The second-order valence-electron chi connectivity index (χ2n) is 5.10. The molecular formula is C14H30N2. The van der Waals surface area contributed by atoms with Crippen LogP contribution in [0.5, 0.6) is 0 Å². The Labute approximate surface area is 102 Å². The van der Waals surface area contributed by atoms with Gasteiger partial charge in [0.25, 0.3) is 0 Å². The Balaban J connectivity index is 2.13. The molecule has 1 aliphatic heterocycles. The highest BCUT2D eigenvalue weighted by Crippen LogP contribution is 2.07. The summed E-state index contributed by atoms with van der Waals surface area (Å²) in [5.74, 6) is 0. The van der Waals surface area contributed by atoms with E-state index >= 15 is 0 Å². The molecular weight excluding hydrogens is 196 g/mol. The molecule has 2 nitrogen and oxygen atoms in total. The van der Waals surface area contributed by atoms with Crippen molar-refractivity contribution in [2.75, 3.05) is 39.3 Å². The van der Waals surface area contributed by atoms with Gasteiger partial charge in [0.15, 0.2) is 0 Å². The van der Waals surface area contributed by atoms with E-state index in [1.165, 1.54) is 77.8 Å². The molecule has 0 atom stereocenters. The van der Waals surface area contributed by atoms with Crippen LogP contribution in [-0.2, 0) is 0 Å². The monoisotopic (exact) mass is 226 g/mol. The minimum Gasteiger partial charge on any atom is -0.302 e. The van der Waals surface area contributed by atoms with Gasteiger partial charge in [0.05, 0.1) is 0 Å². The van der Waals surface area contributed by atoms with Crippen molar-refractivity contribution < 1.29 is 0 Å². The fraction of sp³-hybridized carbons (Fsp3) is 1.00. The molecule has 0 amide bonds. The van der Waals surface area contributed by atoms with Crippen molar-refractivity contribution in [1.29, 1.82) is 0 Å². The van der Waals surface area contributed by atoms with Crippen molar-refractivity contribution >= 4 is 0 Å². The summed E-state index contributed by atoms with van der Waals surface area (Å²) < 4.78 is 0. The molecule has 0 N–H and O–H groups in total. The molecule has 0 radical (unpaired) electrons. The fourth-order valence-corrected chi connectivity index (χ4v) is 2.39. The van der Waals surface area contributed by atoms with Gasteiger partial charge in [-0.15, -0.1) is 0 Å². The van der Waals surface area contributed by atoms with E-state index < -0.39 is 0 Å². The Kier molecular flexibility index (Phi) is 7.87. The van der Waals surface area contributed by atoms with E-state index in [1.54, 1.807) is 0 Å². The second kappa shape index (κ2) is 9.00. The summed E-state index contributed by atoms with van der Waals surface area (Å²) in [5.41, 5.74) is 0. The molecule has 0 aromatic carbocycles. The van der Waals surface area contributed by atoms with Crippen molar-refractivity contribution in [3.63, 3.8) is 0 Å². The van der Waals surface area contributed by atoms with Crippen LogP contribution in [0.4, 0.5) is 0 Å². The Morgan fingerprint density at radius 2 is 1.44 bits per heavy atom. The highest BCUT2D eigenvalue weighted by atomic mass is 15.2. The lowest BCUT2D eigenvalue weighted by Crippen LogP contribution is -2.35. The van der Waals surface area contributed by atoms with Gasteiger partial charge in [-0.05, 0) is 51.9 Å². The Hall–Kier alpha value is -0.0800. The summed E-state index contributed by atoms with van der Waals surface area (Å²) in [6, 6.07) is 0. The Morgan fingerprint density at radius 1 is 0.875 bits per heavy atom. The molecule has 96 valence electrons. The van der Waals surface area contributed by atoms with Gasteiger partial charge >= 0.3 is 0 Å². The van der Waals surface area contributed by atoms with Crippen LogP contribution in [0, 0.1) is 0 Å². The number of hydrogen-bond donors (Lipinski definition) is 0. The molecule has 1 saturated heterocycles. The van der Waals surface area contributed by atoms with E-state index in [0.717, 1.165) is 0 Å².